The smallest absolute Gasteiger partial charge is 0.145 e. The molecule has 7 aromatic carbocycles. The number of allylic oxidation sites excluding steroid dienone is 1. The van der Waals surface area contributed by atoms with Crippen molar-refractivity contribution in [1.29, 1.82) is 0 Å². The maximum Gasteiger partial charge on any atom is 0.145 e. The van der Waals surface area contributed by atoms with Crippen LogP contribution >= 0.6 is 0 Å². The van der Waals surface area contributed by atoms with E-state index in [-0.39, 0.29) is 0 Å². The molecule has 2 nitrogen and oxygen atoms in total. The van der Waals surface area contributed by atoms with Crippen LogP contribution in [0.1, 0.15) is 23.1 Å². The van der Waals surface area contributed by atoms with Crippen LogP contribution in [0.2, 0.25) is 0 Å². The fourth-order valence-electron chi connectivity index (χ4n) is 7.26. The van der Waals surface area contributed by atoms with E-state index in [1.165, 1.54) is 54.9 Å². The summed E-state index contributed by atoms with van der Waals surface area (Å²) in [5, 5.41) is 5.20. The molecular formula is C43H30N2. The molecule has 0 aliphatic heterocycles. The lowest BCUT2D eigenvalue weighted by molar-refractivity contribution is 1.00. The van der Waals surface area contributed by atoms with E-state index in [1.807, 2.05) is 0 Å². The van der Waals surface area contributed by atoms with Crippen LogP contribution in [0.5, 0.6) is 0 Å². The highest BCUT2D eigenvalue weighted by Gasteiger charge is 2.20. The van der Waals surface area contributed by atoms with Gasteiger partial charge in [-0.1, -0.05) is 133 Å². The first-order valence-corrected chi connectivity index (χ1v) is 15.7. The van der Waals surface area contributed by atoms with E-state index in [9.17, 15) is 0 Å². The Hall–Kier alpha value is -5.73. The molecule has 0 saturated carbocycles. The van der Waals surface area contributed by atoms with Crippen LogP contribution in [-0.2, 0) is 6.42 Å². The summed E-state index contributed by atoms with van der Waals surface area (Å²) in [6.07, 6.45) is 4.53. The van der Waals surface area contributed by atoms with Gasteiger partial charge in [-0.05, 0) is 92.0 Å². The van der Waals surface area contributed by atoms with Gasteiger partial charge in [0.05, 0.1) is 11.0 Å². The minimum absolute atomic E-state index is 0.948. The Kier molecular flexibility index (Phi) is 5.99. The van der Waals surface area contributed by atoms with Crippen molar-refractivity contribution in [1.82, 2.24) is 9.55 Å². The Morgan fingerprint density at radius 3 is 1.78 bits per heavy atom. The van der Waals surface area contributed by atoms with E-state index in [2.05, 4.69) is 162 Å². The van der Waals surface area contributed by atoms with Crippen molar-refractivity contribution in [3.63, 3.8) is 0 Å². The van der Waals surface area contributed by atoms with Gasteiger partial charge in [-0.25, -0.2) is 4.98 Å². The number of hydrogen-bond donors (Lipinski definition) is 0. The number of hydrogen-bond acceptors (Lipinski definition) is 1. The molecule has 212 valence electrons. The summed E-state index contributed by atoms with van der Waals surface area (Å²) in [5.74, 6) is 0.948. The predicted molar refractivity (Wildman–Crippen MR) is 190 cm³/mol. The number of aromatic nitrogens is 2. The Bertz CT molecular complexity index is 2350. The van der Waals surface area contributed by atoms with Crippen LogP contribution in [0.15, 0.2) is 152 Å². The van der Waals surface area contributed by atoms with Crippen molar-refractivity contribution in [3.8, 4) is 28.2 Å². The van der Waals surface area contributed by atoms with E-state index < -0.39 is 0 Å². The molecule has 0 unspecified atom stereocenters. The van der Waals surface area contributed by atoms with E-state index in [0.29, 0.717) is 0 Å². The first-order valence-electron chi connectivity index (χ1n) is 15.7. The third-order valence-corrected chi connectivity index (χ3v) is 9.31. The number of nitrogens with zero attached hydrogens (tertiary/aromatic N) is 2. The second kappa shape index (κ2) is 10.5. The minimum atomic E-state index is 0.948. The van der Waals surface area contributed by atoms with Gasteiger partial charge in [0, 0.05) is 11.3 Å². The molecule has 0 saturated heterocycles. The highest BCUT2D eigenvalue weighted by molar-refractivity contribution is 6.19. The second-order valence-electron chi connectivity index (χ2n) is 11.9. The van der Waals surface area contributed by atoms with Gasteiger partial charge < -0.3 is 0 Å². The number of rotatable bonds is 4. The van der Waals surface area contributed by atoms with E-state index in [1.54, 1.807) is 0 Å². The zero-order chi connectivity index (χ0) is 29.7. The van der Waals surface area contributed by atoms with Crippen LogP contribution in [0, 0.1) is 0 Å². The molecule has 0 radical (unpaired) electrons. The van der Waals surface area contributed by atoms with E-state index in [0.717, 1.165) is 41.0 Å². The first-order chi connectivity index (χ1) is 22.3. The quantitative estimate of drug-likeness (QED) is 0.191. The molecular weight excluding hydrogens is 544 g/mol. The molecule has 8 aromatic rings. The van der Waals surface area contributed by atoms with E-state index >= 15 is 0 Å². The number of benzene rings is 7. The Labute approximate surface area is 262 Å². The second-order valence-corrected chi connectivity index (χ2v) is 11.9. The van der Waals surface area contributed by atoms with Gasteiger partial charge in [-0.2, -0.15) is 0 Å². The van der Waals surface area contributed by atoms with Crippen LogP contribution in [0.25, 0.3) is 72.4 Å². The van der Waals surface area contributed by atoms with E-state index in [4.69, 9.17) is 4.98 Å². The Morgan fingerprint density at radius 1 is 0.467 bits per heavy atom. The van der Waals surface area contributed by atoms with Crippen LogP contribution in [0.3, 0.4) is 0 Å². The van der Waals surface area contributed by atoms with Gasteiger partial charge in [-0.15, -0.1) is 0 Å². The van der Waals surface area contributed by atoms with Crippen molar-refractivity contribution < 1.29 is 0 Å². The summed E-state index contributed by atoms with van der Waals surface area (Å²) >= 11 is 0. The molecule has 1 aromatic heterocycles. The van der Waals surface area contributed by atoms with Crippen LogP contribution < -0.4 is 0 Å². The summed E-state index contributed by atoms with van der Waals surface area (Å²) in [5.41, 5.74) is 12.4. The molecule has 1 aliphatic rings. The first kappa shape index (κ1) is 25.7. The third-order valence-electron chi connectivity index (χ3n) is 9.31. The normalized spacial score (nSPS) is 12.8. The molecule has 0 atom stereocenters. The third kappa shape index (κ3) is 4.22. The predicted octanol–water partition coefficient (Wildman–Crippen LogP) is 11.2. The average Bonchev–Trinajstić information content (AvgIpc) is 3.50. The number of imidazole rings is 1. The van der Waals surface area contributed by atoms with Crippen molar-refractivity contribution >= 4 is 44.2 Å². The zero-order valence-corrected chi connectivity index (χ0v) is 24.8. The Morgan fingerprint density at radius 2 is 1.04 bits per heavy atom. The average molecular weight is 575 g/mol. The largest absolute Gasteiger partial charge is 0.292 e. The molecule has 1 heterocycles. The lowest BCUT2D eigenvalue weighted by Crippen LogP contribution is -2.01. The summed E-state index contributed by atoms with van der Waals surface area (Å²) in [6, 6.07) is 54.6. The molecule has 0 bridgehead atoms. The standard InChI is InChI=1S/C43H30N2/c1-2-14-34(15-3-1)45-40-21-11-10-20-39(40)44-43(45)31-25-23-30(24-26-31)41-35-16-6-8-18-37(35)42(38-19-9-7-17-36(38)41)33-27-22-29-12-4-5-13-32(29)28-33/h1-21,23-26,28H,22,27H2. The van der Waals surface area contributed by atoms with Crippen molar-refractivity contribution in [3.05, 3.63) is 168 Å². The molecule has 0 amide bonds. The SMILES string of the molecule is C1=C(c2c3ccccc3c(-c3ccc(-c4nc5ccccc5n4-c4ccccc4)cc3)c3ccccc23)CCc2ccccc21. The fraction of sp³-hybridized carbons (Fsp3) is 0.0465. The van der Waals surface area contributed by atoms with Gasteiger partial charge in [0.15, 0.2) is 0 Å². The summed E-state index contributed by atoms with van der Waals surface area (Å²) in [7, 11) is 0. The van der Waals surface area contributed by atoms with Crippen molar-refractivity contribution in [2.45, 2.75) is 12.8 Å². The molecule has 2 heteroatoms. The van der Waals surface area contributed by atoms with Gasteiger partial charge in [0.2, 0.25) is 0 Å². The molecule has 45 heavy (non-hydrogen) atoms. The van der Waals surface area contributed by atoms with Crippen LogP contribution in [0.4, 0.5) is 0 Å². The molecule has 0 fully saturated rings. The molecule has 9 rings (SSSR count). The molecule has 1 aliphatic carbocycles. The monoisotopic (exact) mass is 574 g/mol. The summed E-state index contributed by atoms with van der Waals surface area (Å²) in [4.78, 5) is 5.10. The number of aryl methyl sites for hydroxylation is 1. The molecule has 0 N–H and O–H groups in total. The van der Waals surface area contributed by atoms with Gasteiger partial charge >= 0.3 is 0 Å². The Balaban J connectivity index is 1.23. The van der Waals surface area contributed by atoms with Crippen molar-refractivity contribution in [2.24, 2.45) is 0 Å². The lowest BCUT2D eigenvalue weighted by Gasteiger charge is -2.22. The highest BCUT2D eigenvalue weighted by atomic mass is 15.1. The van der Waals surface area contributed by atoms with Gasteiger partial charge in [0.25, 0.3) is 0 Å². The number of fused-ring (bicyclic) bond motifs is 4. The van der Waals surface area contributed by atoms with Gasteiger partial charge in [-0.3, -0.25) is 4.57 Å². The maximum atomic E-state index is 5.10. The molecule has 0 spiro atoms. The highest BCUT2D eigenvalue weighted by Crippen LogP contribution is 2.44. The zero-order valence-electron chi connectivity index (χ0n) is 24.8. The minimum Gasteiger partial charge on any atom is -0.292 e. The lowest BCUT2D eigenvalue weighted by atomic mass is 9.82. The van der Waals surface area contributed by atoms with Crippen molar-refractivity contribution in [2.75, 3.05) is 0 Å². The summed E-state index contributed by atoms with van der Waals surface area (Å²) < 4.78 is 2.26. The summed E-state index contributed by atoms with van der Waals surface area (Å²) in [6.45, 7) is 0. The topological polar surface area (TPSA) is 17.8 Å². The van der Waals surface area contributed by atoms with Crippen LogP contribution in [-0.4, -0.2) is 9.55 Å². The fourth-order valence-corrected chi connectivity index (χ4v) is 7.26. The number of para-hydroxylation sites is 3. The van der Waals surface area contributed by atoms with Gasteiger partial charge in [0.1, 0.15) is 5.82 Å². The maximum absolute atomic E-state index is 5.10.